The predicted octanol–water partition coefficient (Wildman–Crippen LogP) is 7.03. The Morgan fingerprint density at radius 2 is 1.67 bits per heavy atom. The molecule has 0 bridgehead atoms. The molecule has 1 heterocycles. The van der Waals surface area contributed by atoms with E-state index < -0.39 is 0 Å². The second kappa shape index (κ2) is 11.6. The number of nitrogens with one attached hydrogen (secondary N) is 1. The lowest BCUT2D eigenvalue weighted by Crippen LogP contribution is -2.14. The van der Waals surface area contributed by atoms with Crippen LogP contribution >= 0.6 is 11.8 Å². The molecular weight excluding hydrogens is 466 g/mol. The van der Waals surface area contributed by atoms with Crippen molar-refractivity contribution in [2.24, 2.45) is 0 Å². The average Bonchev–Trinajstić information content (AvgIpc) is 2.87. The molecule has 6 heteroatoms. The quantitative estimate of drug-likeness (QED) is 0.267. The highest BCUT2D eigenvalue weighted by Crippen LogP contribution is 2.34. The summed E-state index contributed by atoms with van der Waals surface area (Å²) in [7, 11) is 0. The molecule has 0 saturated heterocycles. The van der Waals surface area contributed by atoms with Crippen LogP contribution in [-0.4, -0.2) is 23.3 Å². The van der Waals surface area contributed by atoms with Crippen molar-refractivity contribution >= 4 is 23.4 Å². The fourth-order valence-electron chi connectivity index (χ4n) is 3.99. The zero-order chi connectivity index (χ0) is 25.5. The van der Waals surface area contributed by atoms with Gasteiger partial charge in [0.05, 0.1) is 23.6 Å². The van der Waals surface area contributed by atoms with Gasteiger partial charge in [-0.05, 0) is 79.9 Å². The second-order valence-electron chi connectivity index (χ2n) is 8.38. The Balaban J connectivity index is 1.66. The van der Waals surface area contributed by atoms with E-state index in [1.165, 1.54) is 11.8 Å². The van der Waals surface area contributed by atoms with Crippen LogP contribution in [0.25, 0.3) is 22.4 Å². The lowest BCUT2D eigenvalue weighted by Gasteiger charge is -2.13. The maximum Gasteiger partial charge on any atom is 0.234 e. The molecule has 1 amide bonds. The fraction of sp³-hybridized carbons (Fsp3) is 0.167. The van der Waals surface area contributed by atoms with Crippen molar-refractivity contribution in [1.29, 1.82) is 5.26 Å². The lowest BCUT2D eigenvalue weighted by molar-refractivity contribution is -0.113. The smallest absolute Gasteiger partial charge is 0.234 e. The molecule has 4 aromatic rings. The van der Waals surface area contributed by atoms with Crippen LogP contribution in [0.4, 0.5) is 5.69 Å². The minimum Gasteiger partial charge on any atom is -0.494 e. The van der Waals surface area contributed by atoms with E-state index in [0.717, 1.165) is 44.9 Å². The molecule has 0 spiro atoms. The molecule has 4 rings (SSSR count). The average molecular weight is 494 g/mol. The summed E-state index contributed by atoms with van der Waals surface area (Å²) in [6, 6.07) is 27.7. The molecule has 0 aliphatic heterocycles. The SMILES string of the molecule is CCOc1ccc(-c2cc(-c3ccccc3)c(C#N)c(SCC(=O)Nc3cc(C)cc(C)c3)n2)cc1. The Morgan fingerprint density at radius 3 is 2.31 bits per heavy atom. The molecule has 0 atom stereocenters. The van der Waals surface area contributed by atoms with E-state index in [4.69, 9.17) is 9.72 Å². The molecule has 0 aliphatic carbocycles. The van der Waals surface area contributed by atoms with Gasteiger partial charge in [0.2, 0.25) is 5.91 Å². The molecule has 1 N–H and O–H groups in total. The van der Waals surface area contributed by atoms with Crippen molar-refractivity contribution in [2.45, 2.75) is 25.8 Å². The number of carbonyl (C=O) groups is 1. The third-order valence-corrected chi connectivity index (χ3v) is 6.46. The molecule has 180 valence electrons. The highest BCUT2D eigenvalue weighted by atomic mass is 32.2. The van der Waals surface area contributed by atoms with Crippen molar-refractivity contribution < 1.29 is 9.53 Å². The lowest BCUT2D eigenvalue weighted by atomic mass is 9.99. The molecule has 0 radical (unpaired) electrons. The third-order valence-electron chi connectivity index (χ3n) is 5.49. The minimum absolute atomic E-state index is 0.135. The van der Waals surface area contributed by atoms with E-state index >= 15 is 0 Å². The summed E-state index contributed by atoms with van der Waals surface area (Å²) >= 11 is 1.27. The maximum atomic E-state index is 12.8. The number of thioether (sulfide) groups is 1. The standard InChI is InChI=1S/C30H27N3O2S/c1-4-35-25-12-10-23(11-13-25)28-17-26(22-8-6-5-7-9-22)27(18-31)30(33-28)36-19-29(34)32-24-15-20(2)14-21(3)16-24/h5-17H,4,19H2,1-3H3,(H,32,34). The fourth-order valence-corrected chi connectivity index (χ4v) is 4.80. The molecule has 5 nitrogen and oxygen atoms in total. The van der Waals surface area contributed by atoms with Crippen LogP contribution in [0.15, 0.2) is 83.9 Å². The number of benzene rings is 3. The Kier molecular flexibility index (Phi) is 8.04. The summed E-state index contributed by atoms with van der Waals surface area (Å²) in [5.74, 6) is 0.773. The first-order valence-corrected chi connectivity index (χ1v) is 12.7. The van der Waals surface area contributed by atoms with Gasteiger partial charge in [-0.3, -0.25) is 4.79 Å². The van der Waals surface area contributed by atoms with Crippen molar-refractivity contribution in [1.82, 2.24) is 4.98 Å². The van der Waals surface area contributed by atoms with Crippen molar-refractivity contribution in [3.05, 3.63) is 95.6 Å². The van der Waals surface area contributed by atoms with Crippen LogP contribution in [0.3, 0.4) is 0 Å². The Morgan fingerprint density at radius 1 is 0.972 bits per heavy atom. The van der Waals surface area contributed by atoms with Gasteiger partial charge in [0.1, 0.15) is 16.8 Å². The van der Waals surface area contributed by atoms with Crippen molar-refractivity contribution in [3.8, 4) is 34.2 Å². The van der Waals surface area contributed by atoms with Crippen LogP contribution in [0.2, 0.25) is 0 Å². The second-order valence-corrected chi connectivity index (χ2v) is 9.35. The Bertz CT molecular complexity index is 1390. The predicted molar refractivity (Wildman–Crippen MR) is 146 cm³/mol. The van der Waals surface area contributed by atoms with Gasteiger partial charge < -0.3 is 10.1 Å². The van der Waals surface area contributed by atoms with E-state index in [1.54, 1.807) is 0 Å². The summed E-state index contributed by atoms with van der Waals surface area (Å²) in [5.41, 5.74) is 6.73. The van der Waals surface area contributed by atoms with Crippen molar-refractivity contribution in [2.75, 3.05) is 17.7 Å². The van der Waals surface area contributed by atoms with Gasteiger partial charge in [-0.15, -0.1) is 0 Å². The van der Waals surface area contributed by atoms with E-state index in [0.29, 0.717) is 17.2 Å². The molecule has 36 heavy (non-hydrogen) atoms. The van der Waals surface area contributed by atoms with Gasteiger partial charge >= 0.3 is 0 Å². The van der Waals surface area contributed by atoms with Crippen molar-refractivity contribution in [3.63, 3.8) is 0 Å². The van der Waals surface area contributed by atoms with E-state index in [2.05, 4.69) is 17.5 Å². The molecule has 1 aromatic heterocycles. The summed E-state index contributed by atoms with van der Waals surface area (Å²) in [4.78, 5) is 17.6. The Labute approximate surface area is 216 Å². The van der Waals surface area contributed by atoms with Crippen LogP contribution in [0.1, 0.15) is 23.6 Å². The number of hydrogen-bond acceptors (Lipinski definition) is 5. The zero-order valence-electron chi connectivity index (χ0n) is 20.5. The minimum atomic E-state index is -0.150. The summed E-state index contributed by atoms with van der Waals surface area (Å²) < 4.78 is 5.57. The van der Waals surface area contributed by atoms with Crippen LogP contribution in [0.5, 0.6) is 5.75 Å². The zero-order valence-corrected chi connectivity index (χ0v) is 21.4. The van der Waals surface area contributed by atoms with Gasteiger partial charge in [0, 0.05) is 16.8 Å². The first-order chi connectivity index (χ1) is 17.5. The molecular formula is C30H27N3O2S. The van der Waals surface area contributed by atoms with Gasteiger partial charge in [-0.1, -0.05) is 48.2 Å². The van der Waals surface area contributed by atoms with Crippen LogP contribution in [-0.2, 0) is 4.79 Å². The van der Waals surface area contributed by atoms with Gasteiger partial charge in [0.15, 0.2) is 0 Å². The first kappa shape index (κ1) is 25.0. The van der Waals surface area contributed by atoms with Gasteiger partial charge in [-0.25, -0.2) is 4.98 Å². The normalized spacial score (nSPS) is 10.5. The van der Waals surface area contributed by atoms with Gasteiger partial charge in [-0.2, -0.15) is 5.26 Å². The molecule has 0 aliphatic rings. The number of pyridine rings is 1. The molecule has 0 unspecified atom stereocenters. The van der Waals surface area contributed by atoms with Gasteiger partial charge in [0.25, 0.3) is 0 Å². The molecule has 0 saturated carbocycles. The number of amides is 1. The molecule has 0 fully saturated rings. The number of nitriles is 1. The van der Waals surface area contributed by atoms with E-state index in [-0.39, 0.29) is 11.7 Å². The number of anilines is 1. The topological polar surface area (TPSA) is 75.0 Å². The van der Waals surface area contributed by atoms with Crippen LogP contribution in [0, 0.1) is 25.2 Å². The number of aryl methyl sites for hydroxylation is 2. The number of nitrogens with zero attached hydrogens (tertiary/aromatic N) is 2. The highest BCUT2D eigenvalue weighted by Gasteiger charge is 2.17. The highest BCUT2D eigenvalue weighted by molar-refractivity contribution is 8.00. The number of carbonyl (C=O) groups excluding carboxylic acids is 1. The summed E-state index contributed by atoms with van der Waals surface area (Å²) in [6.07, 6.45) is 0. The number of rotatable bonds is 8. The number of aromatic nitrogens is 1. The maximum absolute atomic E-state index is 12.8. The van der Waals surface area contributed by atoms with E-state index in [9.17, 15) is 10.1 Å². The Hall–Kier alpha value is -4.08. The summed E-state index contributed by atoms with van der Waals surface area (Å²) in [6.45, 7) is 6.54. The monoisotopic (exact) mass is 493 g/mol. The third kappa shape index (κ3) is 6.12. The number of hydrogen-bond donors (Lipinski definition) is 1. The summed E-state index contributed by atoms with van der Waals surface area (Å²) in [5, 5.41) is 13.5. The van der Waals surface area contributed by atoms with E-state index in [1.807, 2.05) is 93.6 Å². The molecule has 3 aromatic carbocycles. The van der Waals surface area contributed by atoms with Crippen LogP contribution < -0.4 is 10.1 Å². The largest absolute Gasteiger partial charge is 0.494 e. The number of ether oxygens (including phenoxy) is 1. The first-order valence-electron chi connectivity index (χ1n) is 11.7.